The Morgan fingerprint density at radius 1 is 1.32 bits per heavy atom. The second kappa shape index (κ2) is 9.67. The van der Waals surface area contributed by atoms with Crippen molar-refractivity contribution in [3.8, 4) is 11.9 Å². The normalized spacial score (nSPS) is 12.1. The molecule has 0 atom stereocenters. The van der Waals surface area contributed by atoms with Crippen LogP contribution in [0.25, 0.3) is 0 Å². The van der Waals surface area contributed by atoms with Crippen molar-refractivity contribution in [3.05, 3.63) is 29.8 Å². The summed E-state index contributed by atoms with van der Waals surface area (Å²) in [7, 11) is 0. The minimum absolute atomic E-state index is 0.0266. The summed E-state index contributed by atoms with van der Waals surface area (Å²) in [6.07, 6.45) is 0.174. The van der Waals surface area contributed by atoms with Crippen molar-refractivity contribution in [2.45, 2.75) is 32.4 Å². The third kappa shape index (κ3) is 7.21. The Morgan fingerprint density at radius 2 is 2.11 bits per heavy atom. The van der Waals surface area contributed by atoms with E-state index in [2.05, 4.69) is 30.2 Å². The van der Waals surface area contributed by atoms with Crippen molar-refractivity contribution in [2.24, 2.45) is 10.7 Å². The smallest absolute Gasteiger partial charge is 0.408 e. The number of alkyl halides is 3. The lowest BCUT2D eigenvalue weighted by Gasteiger charge is -2.08. The molecule has 28 heavy (non-hydrogen) atoms. The number of rotatable bonds is 8. The third-order valence-electron chi connectivity index (χ3n) is 3.37. The number of halogens is 3. The predicted octanol–water partition coefficient (Wildman–Crippen LogP) is 1.84. The van der Waals surface area contributed by atoms with Gasteiger partial charge >= 0.3 is 12.2 Å². The average molecular weight is 399 g/mol. The van der Waals surface area contributed by atoms with Crippen molar-refractivity contribution >= 4 is 11.8 Å². The van der Waals surface area contributed by atoms with Crippen LogP contribution in [0.2, 0.25) is 0 Å². The lowest BCUT2D eigenvalue weighted by atomic mass is 10.2. The number of hydrogen-bond donors (Lipinski definition) is 3. The molecular weight excluding hydrogens is 379 g/mol. The van der Waals surface area contributed by atoms with Crippen LogP contribution in [0.3, 0.4) is 0 Å². The second-order valence-corrected chi connectivity index (χ2v) is 5.61. The van der Waals surface area contributed by atoms with Crippen molar-refractivity contribution < 1.29 is 23.0 Å². The van der Waals surface area contributed by atoms with Crippen molar-refractivity contribution in [3.63, 3.8) is 0 Å². The molecule has 152 valence electrons. The van der Waals surface area contributed by atoms with Crippen LogP contribution in [0.15, 0.2) is 23.5 Å². The van der Waals surface area contributed by atoms with Crippen LogP contribution in [0.1, 0.15) is 24.7 Å². The molecule has 0 aliphatic rings. The molecule has 0 bridgehead atoms. The summed E-state index contributed by atoms with van der Waals surface area (Å²) in [5.74, 6) is 0.190. The summed E-state index contributed by atoms with van der Waals surface area (Å²) in [5.41, 5.74) is 6.06. The number of aromatic hydroxyl groups is 1. The highest BCUT2D eigenvalue weighted by atomic mass is 19.4. The van der Waals surface area contributed by atoms with Crippen LogP contribution in [0, 0.1) is 0 Å². The number of nitrogens with one attached hydrogen (secondary N) is 1. The average Bonchev–Trinajstić information content (AvgIpc) is 2.63. The topological polar surface area (TPSA) is 131 Å². The zero-order chi connectivity index (χ0) is 20.6. The first-order valence-electron chi connectivity index (χ1n) is 8.40. The molecule has 0 unspecified atom stereocenters. The van der Waals surface area contributed by atoms with E-state index < -0.39 is 18.7 Å². The SMILES string of the molecule is CCc1cnc(CCCOc2nccc(NC(N)=NCC(F)(F)F)n2)nc1O. The number of aryl methyl sites for hydroxylation is 2. The van der Waals surface area contributed by atoms with Gasteiger partial charge in [0.2, 0.25) is 5.88 Å². The van der Waals surface area contributed by atoms with Gasteiger partial charge < -0.3 is 20.9 Å². The van der Waals surface area contributed by atoms with Gasteiger partial charge in [0.1, 0.15) is 18.2 Å². The van der Waals surface area contributed by atoms with E-state index in [1.807, 2.05) is 6.92 Å². The number of nitrogens with two attached hydrogens (primary N) is 1. The zero-order valence-electron chi connectivity index (χ0n) is 15.1. The summed E-state index contributed by atoms with van der Waals surface area (Å²) in [5, 5.41) is 12.2. The molecule has 2 aromatic rings. The number of aliphatic imine (C=N–C) groups is 1. The number of guanidine groups is 1. The van der Waals surface area contributed by atoms with Gasteiger partial charge in [-0.2, -0.15) is 23.1 Å². The minimum atomic E-state index is -4.44. The van der Waals surface area contributed by atoms with Crippen LogP contribution < -0.4 is 15.8 Å². The van der Waals surface area contributed by atoms with E-state index >= 15 is 0 Å². The molecule has 0 spiro atoms. The standard InChI is InChI=1S/C16H20F3N7O2/c1-2-10-8-22-11(24-13(10)27)4-3-7-28-15-21-6-5-12(26-15)25-14(20)23-9-16(17,18)19/h5-6,8H,2-4,7,9H2,1H3,(H,22,24,27)(H3,20,21,23,25,26). The number of ether oxygens (including phenoxy) is 1. The van der Waals surface area contributed by atoms with Gasteiger partial charge in [-0.15, -0.1) is 0 Å². The van der Waals surface area contributed by atoms with Crippen LogP contribution >= 0.6 is 0 Å². The fourth-order valence-corrected chi connectivity index (χ4v) is 2.02. The first-order valence-corrected chi connectivity index (χ1v) is 8.40. The molecule has 0 saturated heterocycles. The molecule has 0 aromatic carbocycles. The van der Waals surface area contributed by atoms with Gasteiger partial charge in [-0.05, 0) is 18.9 Å². The first-order chi connectivity index (χ1) is 13.3. The monoisotopic (exact) mass is 399 g/mol. The van der Waals surface area contributed by atoms with Gasteiger partial charge in [0.05, 0.1) is 6.61 Å². The van der Waals surface area contributed by atoms with E-state index in [4.69, 9.17) is 10.5 Å². The fraction of sp³-hybridized carbons (Fsp3) is 0.438. The highest BCUT2D eigenvalue weighted by molar-refractivity contribution is 5.91. The molecule has 2 heterocycles. The summed E-state index contributed by atoms with van der Waals surface area (Å²) < 4.78 is 41.7. The summed E-state index contributed by atoms with van der Waals surface area (Å²) in [6, 6.07) is 1.44. The lowest BCUT2D eigenvalue weighted by molar-refractivity contribution is -0.118. The number of anilines is 1. The molecule has 0 aliphatic heterocycles. The van der Waals surface area contributed by atoms with Crippen LogP contribution in [-0.2, 0) is 12.8 Å². The first kappa shape index (κ1) is 21.1. The molecule has 0 amide bonds. The van der Waals surface area contributed by atoms with Crippen LogP contribution in [0.4, 0.5) is 19.0 Å². The fourth-order valence-electron chi connectivity index (χ4n) is 2.02. The summed E-state index contributed by atoms with van der Waals surface area (Å²) in [4.78, 5) is 19.2. The number of nitrogens with zero attached hydrogens (tertiary/aromatic N) is 5. The van der Waals surface area contributed by atoms with E-state index in [0.29, 0.717) is 30.7 Å². The van der Waals surface area contributed by atoms with Crippen molar-refractivity contribution in [1.82, 2.24) is 19.9 Å². The molecule has 0 aliphatic carbocycles. The van der Waals surface area contributed by atoms with Crippen LogP contribution in [-0.4, -0.2) is 50.3 Å². The third-order valence-corrected chi connectivity index (χ3v) is 3.37. The van der Waals surface area contributed by atoms with Crippen LogP contribution in [0.5, 0.6) is 11.9 Å². The van der Waals surface area contributed by atoms with Gasteiger partial charge in [-0.3, -0.25) is 0 Å². The van der Waals surface area contributed by atoms with Crippen molar-refractivity contribution in [2.75, 3.05) is 18.5 Å². The van der Waals surface area contributed by atoms with Gasteiger partial charge in [0.25, 0.3) is 0 Å². The molecule has 2 aromatic heterocycles. The Labute approximate surface area is 158 Å². The quantitative estimate of drug-likeness (QED) is 0.348. The van der Waals surface area contributed by atoms with E-state index in [1.165, 1.54) is 12.3 Å². The Bertz CT molecular complexity index is 815. The number of hydrogen-bond acceptors (Lipinski definition) is 7. The van der Waals surface area contributed by atoms with Gasteiger partial charge in [-0.1, -0.05) is 6.92 Å². The molecule has 0 saturated carbocycles. The van der Waals surface area contributed by atoms with Gasteiger partial charge in [-0.25, -0.2) is 15.0 Å². The van der Waals surface area contributed by atoms with Gasteiger partial charge in [0, 0.05) is 24.4 Å². The Kier molecular flexibility index (Phi) is 7.29. The Balaban J connectivity index is 1.82. The highest BCUT2D eigenvalue weighted by Crippen LogP contribution is 2.15. The van der Waals surface area contributed by atoms with Gasteiger partial charge in [0.15, 0.2) is 5.96 Å². The Morgan fingerprint density at radius 3 is 2.79 bits per heavy atom. The van der Waals surface area contributed by atoms with Crippen molar-refractivity contribution in [1.29, 1.82) is 0 Å². The summed E-state index contributed by atoms with van der Waals surface area (Å²) in [6.45, 7) is 0.753. The largest absolute Gasteiger partial charge is 0.493 e. The molecule has 4 N–H and O–H groups in total. The molecule has 2 rings (SSSR count). The predicted molar refractivity (Wildman–Crippen MR) is 95.1 cm³/mol. The maximum Gasteiger partial charge on any atom is 0.408 e. The number of aromatic nitrogens is 4. The molecule has 9 nitrogen and oxygen atoms in total. The Hall–Kier alpha value is -3.18. The van der Waals surface area contributed by atoms with E-state index in [0.717, 1.165) is 0 Å². The molecule has 0 fully saturated rings. The van der Waals surface area contributed by atoms with E-state index in [1.54, 1.807) is 6.20 Å². The molecule has 12 heteroatoms. The molecule has 0 radical (unpaired) electrons. The maximum atomic E-state index is 12.1. The maximum absolute atomic E-state index is 12.1. The highest BCUT2D eigenvalue weighted by Gasteiger charge is 2.26. The molecular formula is C16H20F3N7O2. The second-order valence-electron chi connectivity index (χ2n) is 5.61. The van der Waals surface area contributed by atoms with E-state index in [9.17, 15) is 18.3 Å². The zero-order valence-corrected chi connectivity index (χ0v) is 15.1. The minimum Gasteiger partial charge on any atom is -0.493 e. The van der Waals surface area contributed by atoms with E-state index in [-0.39, 0.29) is 24.3 Å². The summed E-state index contributed by atoms with van der Waals surface area (Å²) >= 11 is 0. The lowest BCUT2D eigenvalue weighted by Crippen LogP contribution is -2.26.